The van der Waals surface area contributed by atoms with Gasteiger partial charge in [0, 0.05) is 12.7 Å². The summed E-state index contributed by atoms with van der Waals surface area (Å²) >= 11 is 0. The summed E-state index contributed by atoms with van der Waals surface area (Å²) in [5, 5.41) is 11.9. The first-order chi connectivity index (χ1) is 6.81. The number of hydrogen-bond donors (Lipinski definition) is 2. The number of nitrogens with zero attached hydrogens (tertiary/aromatic N) is 2. The molecular formula is C10H12N4. The fourth-order valence-electron chi connectivity index (χ4n) is 1.27. The van der Waals surface area contributed by atoms with Gasteiger partial charge in [-0.25, -0.2) is 4.98 Å². The van der Waals surface area contributed by atoms with Crippen molar-refractivity contribution in [2.24, 2.45) is 5.92 Å². The third-order valence-electron chi connectivity index (χ3n) is 2.37. The van der Waals surface area contributed by atoms with Gasteiger partial charge in [0.05, 0.1) is 11.3 Å². The highest BCUT2D eigenvalue weighted by Crippen LogP contribution is 2.29. The lowest BCUT2D eigenvalue weighted by Gasteiger charge is -2.07. The van der Waals surface area contributed by atoms with Crippen LogP contribution >= 0.6 is 0 Å². The largest absolute Gasteiger partial charge is 0.395 e. The van der Waals surface area contributed by atoms with E-state index in [1.807, 2.05) is 6.07 Å². The molecule has 72 valence electrons. The number of nitrogens with one attached hydrogen (secondary N) is 1. The van der Waals surface area contributed by atoms with Crippen molar-refractivity contribution in [2.75, 3.05) is 17.6 Å². The van der Waals surface area contributed by atoms with Gasteiger partial charge in [-0.1, -0.05) is 0 Å². The van der Waals surface area contributed by atoms with E-state index in [4.69, 9.17) is 11.0 Å². The summed E-state index contributed by atoms with van der Waals surface area (Å²) in [5.74, 6) is 1.40. The Morgan fingerprint density at radius 3 is 3.07 bits per heavy atom. The van der Waals surface area contributed by atoms with Crippen molar-refractivity contribution < 1.29 is 0 Å². The summed E-state index contributed by atoms with van der Waals surface area (Å²) < 4.78 is 0. The van der Waals surface area contributed by atoms with Crippen LogP contribution in [0.4, 0.5) is 11.5 Å². The molecule has 4 heteroatoms. The van der Waals surface area contributed by atoms with Crippen LogP contribution in [0.2, 0.25) is 0 Å². The zero-order valence-corrected chi connectivity index (χ0v) is 7.83. The molecule has 0 spiro atoms. The number of anilines is 2. The van der Waals surface area contributed by atoms with E-state index in [1.54, 1.807) is 12.3 Å². The van der Waals surface area contributed by atoms with E-state index < -0.39 is 0 Å². The molecule has 0 amide bonds. The van der Waals surface area contributed by atoms with Crippen LogP contribution < -0.4 is 11.1 Å². The first kappa shape index (κ1) is 8.82. The Labute approximate surface area is 82.8 Å². The van der Waals surface area contributed by atoms with Crippen LogP contribution in [0.1, 0.15) is 18.4 Å². The topological polar surface area (TPSA) is 74.7 Å². The van der Waals surface area contributed by atoms with E-state index in [9.17, 15) is 0 Å². The van der Waals surface area contributed by atoms with E-state index in [2.05, 4.69) is 10.3 Å². The molecule has 1 aromatic heterocycles. The summed E-state index contributed by atoms with van der Waals surface area (Å²) in [5.41, 5.74) is 6.69. The standard InChI is InChI=1S/C10H12N4/c11-5-8-3-4-13-10(9(8)12)14-6-7-1-2-7/h3-4,7H,1-2,6,12H2,(H,13,14). The predicted molar refractivity (Wildman–Crippen MR) is 54.6 cm³/mol. The van der Waals surface area contributed by atoms with E-state index in [0.717, 1.165) is 12.5 Å². The minimum atomic E-state index is 0.454. The molecule has 1 fully saturated rings. The first-order valence-electron chi connectivity index (χ1n) is 4.69. The number of pyridine rings is 1. The second-order valence-electron chi connectivity index (χ2n) is 3.56. The van der Waals surface area contributed by atoms with Gasteiger partial charge in [-0.05, 0) is 24.8 Å². The zero-order valence-electron chi connectivity index (χ0n) is 7.83. The van der Waals surface area contributed by atoms with Crippen LogP contribution in [0.3, 0.4) is 0 Å². The van der Waals surface area contributed by atoms with Gasteiger partial charge in [-0.15, -0.1) is 0 Å². The van der Waals surface area contributed by atoms with Gasteiger partial charge in [0.15, 0.2) is 5.82 Å². The lowest BCUT2D eigenvalue weighted by Crippen LogP contribution is -2.08. The maximum absolute atomic E-state index is 8.75. The van der Waals surface area contributed by atoms with E-state index in [1.165, 1.54) is 12.8 Å². The molecule has 0 radical (unpaired) electrons. The van der Waals surface area contributed by atoms with Crippen molar-refractivity contribution in [1.82, 2.24) is 4.98 Å². The normalized spacial score (nSPS) is 14.8. The van der Waals surface area contributed by atoms with E-state index >= 15 is 0 Å². The van der Waals surface area contributed by atoms with Gasteiger partial charge in [0.1, 0.15) is 6.07 Å². The molecule has 0 aliphatic heterocycles. The fraction of sp³-hybridized carbons (Fsp3) is 0.400. The molecule has 1 aliphatic carbocycles. The molecule has 14 heavy (non-hydrogen) atoms. The van der Waals surface area contributed by atoms with Crippen molar-refractivity contribution in [1.29, 1.82) is 5.26 Å². The summed E-state index contributed by atoms with van der Waals surface area (Å²) in [6.45, 7) is 0.909. The molecule has 0 saturated heterocycles. The van der Waals surface area contributed by atoms with Crippen LogP contribution in [0.15, 0.2) is 12.3 Å². The number of nitriles is 1. The Morgan fingerprint density at radius 1 is 1.64 bits per heavy atom. The zero-order chi connectivity index (χ0) is 9.97. The highest BCUT2D eigenvalue weighted by atomic mass is 15.0. The van der Waals surface area contributed by atoms with Crippen molar-refractivity contribution in [2.45, 2.75) is 12.8 Å². The first-order valence-corrected chi connectivity index (χ1v) is 4.69. The van der Waals surface area contributed by atoms with Gasteiger partial charge >= 0.3 is 0 Å². The molecule has 0 atom stereocenters. The van der Waals surface area contributed by atoms with E-state index in [-0.39, 0.29) is 0 Å². The molecule has 0 aromatic carbocycles. The Hall–Kier alpha value is -1.76. The maximum atomic E-state index is 8.75. The predicted octanol–water partition coefficient (Wildman–Crippen LogP) is 1.36. The highest BCUT2D eigenvalue weighted by molar-refractivity contribution is 5.68. The van der Waals surface area contributed by atoms with Crippen LogP contribution in [0, 0.1) is 17.2 Å². The molecule has 4 nitrogen and oxygen atoms in total. The maximum Gasteiger partial charge on any atom is 0.150 e. The molecule has 2 rings (SSSR count). The average Bonchev–Trinajstić information content (AvgIpc) is 3.00. The van der Waals surface area contributed by atoms with Crippen LogP contribution in [-0.2, 0) is 0 Å². The highest BCUT2D eigenvalue weighted by Gasteiger charge is 2.21. The van der Waals surface area contributed by atoms with Gasteiger partial charge in [0.25, 0.3) is 0 Å². The molecule has 1 aromatic rings. The average molecular weight is 188 g/mol. The summed E-state index contributed by atoms with van der Waals surface area (Å²) in [7, 11) is 0. The van der Waals surface area contributed by atoms with Gasteiger partial charge in [-0.2, -0.15) is 5.26 Å². The van der Waals surface area contributed by atoms with Crippen molar-refractivity contribution in [3.05, 3.63) is 17.8 Å². The summed E-state index contributed by atoms with van der Waals surface area (Å²) in [6.07, 6.45) is 4.17. The number of nitrogen functional groups attached to an aromatic ring is 1. The number of rotatable bonds is 3. The van der Waals surface area contributed by atoms with Gasteiger partial charge in [-0.3, -0.25) is 0 Å². The van der Waals surface area contributed by atoms with E-state index in [0.29, 0.717) is 17.1 Å². The smallest absolute Gasteiger partial charge is 0.150 e. The Bertz CT molecular complexity index is 376. The quantitative estimate of drug-likeness (QED) is 0.751. The molecule has 1 saturated carbocycles. The van der Waals surface area contributed by atoms with Crippen molar-refractivity contribution in [3.63, 3.8) is 0 Å². The molecule has 1 heterocycles. The molecule has 0 unspecified atom stereocenters. The van der Waals surface area contributed by atoms with Crippen molar-refractivity contribution >= 4 is 11.5 Å². The van der Waals surface area contributed by atoms with Crippen LogP contribution in [0.25, 0.3) is 0 Å². The fourth-order valence-corrected chi connectivity index (χ4v) is 1.27. The molecule has 0 bridgehead atoms. The third-order valence-corrected chi connectivity index (χ3v) is 2.37. The SMILES string of the molecule is N#Cc1ccnc(NCC2CC2)c1N. The lowest BCUT2D eigenvalue weighted by molar-refractivity contribution is 0.883. The number of nitrogens with two attached hydrogens (primary N) is 1. The molecular weight excluding hydrogens is 176 g/mol. The minimum absolute atomic E-state index is 0.454. The van der Waals surface area contributed by atoms with Gasteiger partial charge in [0.2, 0.25) is 0 Å². The molecule has 3 N–H and O–H groups in total. The second kappa shape index (κ2) is 3.54. The monoisotopic (exact) mass is 188 g/mol. The number of hydrogen-bond acceptors (Lipinski definition) is 4. The molecule has 1 aliphatic rings. The summed E-state index contributed by atoms with van der Waals surface area (Å²) in [6, 6.07) is 3.66. The third kappa shape index (κ3) is 1.77. The Morgan fingerprint density at radius 2 is 2.43 bits per heavy atom. The number of aromatic nitrogens is 1. The summed E-state index contributed by atoms with van der Waals surface area (Å²) in [4.78, 5) is 4.10. The van der Waals surface area contributed by atoms with Crippen LogP contribution in [-0.4, -0.2) is 11.5 Å². The second-order valence-corrected chi connectivity index (χ2v) is 3.56. The van der Waals surface area contributed by atoms with Gasteiger partial charge < -0.3 is 11.1 Å². The van der Waals surface area contributed by atoms with Crippen molar-refractivity contribution in [3.8, 4) is 6.07 Å². The minimum Gasteiger partial charge on any atom is -0.395 e. The Balaban J connectivity index is 2.11. The lowest BCUT2D eigenvalue weighted by atomic mass is 10.2. The Kier molecular flexibility index (Phi) is 2.23. The van der Waals surface area contributed by atoms with Crippen LogP contribution in [0.5, 0.6) is 0 Å².